The summed E-state index contributed by atoms with van der Waals surface area (Å²) in [5.74, 6) is 0.274. The Balaban J connectivity index is 2.35. The number of nitrogens with zero attached hydrogens (tertiary/aromatic N) is 1. The SMILES string of the molecule is Oc1cccc(C2=CC=C[N]2)c1. The van der Waals surface area contributed by atoms with Crippen molar-refractivity contribution in [3.8, 4) is 5.75 Å². The van der Waals surface area contributed by atoms with Crippen molar-refractivity contribution in [3.63, 3.8) is 0 Å². The number of allylic oxidation sites excluding steroid dienone is 2. The van der Waals surface area contributed by atoms with Crippen molar-refractivity contribution in [2.45, 2.75) is 0 Å². The zero-order valence-corrected chi connectivity index (χ0v) is 6.44. The first kappa shape index (κ1) is 6.98. The van der Waals surface area contributed by atoms with Crippen LogP contribution in [0.4, 0.5) is 0 Å². The monoisotopic (exact) mass is 158 g/mol. The van der Waals surface area contributed by atoms with Gasteiger partial charge in [-0.05, 0) is 24.3 Å². The second-order valence-corrected chi connectivity index (χ2v) is 2.57. The highest BCUT2D eigenvalue weighted by atomic mass is 16.3. The molecule has 1 N–H and O–H groups in total. The molecule has 0 unspecified atom stereocenters. The predicted molar refractivity (Wildman–Crippen MR) is 47.4 cm³/mol. The Bertz CT molecular complexity index is 353. The average Bonchev–Trinajstić information content (AvgIpc) is 2.56. The van der Waals surface area contributed by atoms with E-state index in [4.69, 9.17) is 0 Å². The average molecular weight is 158 g/mol. The Morgan fingerprint density at radius 1 is 1.25 bits per heavy atom. The second kappa shape index (κ2) is 2.74. The molecule has 1 aliphatic rings. The highest BCUT2D eigenvalue weighted by Crippen LogP contribution is 2.20. The molecule has 2 heteroatoms. The van der Waals surface area contributed by atoms with Crippen molar-refractivity contribution in [1.29, 1.82) is 0 Å². The summed E-state index contributed by atoms with van der Waals surface area (Å²) in [6.45, 7) is 0. The smallest absolute Gasteiger partial charge is 0.116 e. The molecule has 0 saturated carbocycles. The molecular weight excluding hydrogens is 150 g/mol. The van der Waals surface area contributed by atoms with Gasteiger partial charge in [0.05, 0.1) is 5.70 Å². The molecule has 0 atom stereocenters. The Morgan fingerprint density at radius 3 is 2.83 bits per heavy atom. The lowest BCUT2D eigenvalue weighted by atomic mass is 10.1. The Kier molecular flexibility index (Phi) is 1.59. The van der Waals surface area contributed by atoms with Crippen LogP contribution in [0.2, 0.25) is 0 Å². The van der Waals surface area contributed by atoms with Gasteiger partial charge < -0.3 is 5.11 Å². The lowest BCUT2D eigenvalue weighted by Crippen LogP contribution is -1.90. The van der Waals surface area contributed by atoms with E-state index in [-0.39, 0.29) is 5.75 Å². The van der Waals surface area contributed by atoms with E-state index in [0.29, 0.717) is 0 Å². The zero-order chi connectivity index (χ0) is 8.39. The van der Waals surface area contributed by atoms with Gasteiger partial charge in [0, 0.05) is 11.8 Å². The van der Waals surface area contributed by atoms with Gasteiger partial charge >= 0.3 is 0 Å². The zero-order valence-electron chi connectivity index (χ0n) is 6.44. The Morgan fingerprint density at radius 2 is 2.17 bits per heavy atom. The van der Waals surface area contributed by atoms with E-state index < -0.39 is 0 Å². The minimum absolute atomic E-state index is 0.274. The van der Waals surface area contributed by atoms with Crippen molar-refractivity contribution in [3.05, 3.63) is 48.2 Å². The minimum atomic E-state index is 0.274. The van der Waals surface area contributed by atoms with E-state index in [0.717, 1.165) is 11.3 Å². The molecule has 1 aliphatic heterocycles. The molecule has 1 radical (unpaired) electrons. The summed E-state index contributed by atoms with van der Waals surface area (Å²) >= 11 is 0. The molecule has 59 valence electrons. The van der Waals surface area contributed by atoms with Gasteiger partial charge in [-0.15, -0.1) is 0 Å². The molecule has 0 saturated heterocycles. The Hall–Kier alpha value is -1.70. The second-order valence-electron chi connectivity index (χ2n) is 2.57. The molecule has 0 bridgehead atoms. The van der Waals surface area contributed by atoms with E-state index in [1.54, 1.807) is 24.4 Å². The van der Waals surface area contributed by atoms with E-state index in [2.05, 4.69) is 5.32 Å². The van der Waals surface area contributed by atoms with E-state index in [1.807, 2.05) is 18.2 Å². The summed E-state index contributed by atoms with van der Waals surface area (Å²) in [5, 5.41) is 13.3. The van der Waals surface area contributed by atoms with Crippen molar-refractivity contribution in [2.24, 2.45) is 0 Å². The number of benzene rings is 1. The fraction of sp³-hybridized carbons (Fsp3) is 0. The van der Waals surface area contributed by atoms with Crippen LogP contribution in [0, 0.1) is 0 Å². The van der Waals surface area contributed by atoms with Gasteiger partial charge in [0.1, 0.15) is 5.75 Å². The van der Waals surface area contributed by atoms with Crippen LogP contribution >= 0.6 is 0 Å². The molecule has 1 heterocycles. The van der Waals surface area contributed by atoms with Crippen molar-refractivity contribution in [1.82, 2.24) is 5.32 Å². The molecule has 1 aromatic rings. The normalized spacial score (nSPS) is 14.2. The molecule has 2 rings (SSSR count). The maximum Gasteiger partial charge on any atom is 0.116 e. The minimum Gasteiger partial charge on any atom is -0.508 e. The maximum atomic E-state index is 9.18. The summed E-state index contributed by atoms with van der Waals surface area (Å²) in [6.07, 6.45) is 5.52. The van der Waals surface area contributed by atoms with Crippen LogP contribution in [0.3, 0.4) is 0 Å². The van der Waals surface area contributed by atoms with E-state index in [1.165, 1.54) is 0 Å². The Labute approximate surface area is 70.9 Å². The number of hydrogen-bond donors (Lipinski definition) is 1. The fourth-order valence-corrected chi connectivity index (χ4v) is 1.14. The van der Waals surface area contributed by atoms with Crippen LogP contribution in [-0.4, -0.2) is 5.11 Å². The van der Waals surface area contributed by atoms with Crippen molar-refractivity contribution >= 4 is 5.70 Å². The van der Waals surface area contributed by atoms with Crippen LogP contribution in [-0.2, 0) is 0 Å². The summed E-state index contributed by atoms with van der Waals surface area (Å²) in [7, 11) is 0. The van der Waals surface area contributed by atoms with Crippen LogP contribution in [0.5, 0.6) is 5.75 Å². The van der Waals surface area contributed by atoms with E-state index in [9.17, 15) is 5.11 Å². The summed E-state index contributed by atoms with van der Waals surface area (Å²) in [4.78, 5) is 0. The molecule has 2 nitrogen and oxygen atoms in total. The molecule has 1 aromatic carbocycles. The van der Waals surface area contributed by atoms with Crippen LogP contribution in [0.1, 0.15) is 5.56 Å². The third-order valence-electron chi connectivity index (χ3n) is 1.70. The molecule has 0 aliphatic carbocycles. The summed E-state index contributed by atoms with van der Waals surface area (Å²) < 4.78 is 0. The molecule has 0 spiro atoms. The quantitative estimate of drug-likeness (QED) is 0.665. The largest absolute Gasteiger partial charge is 0.508 e. The van der Waals surface area contributed by atoms with Crippen LogP contribution in [0.15, 0.2) is 42.6 Å². The topological polar surface area (TPSA) is 34.3 Å². The summed E-state index contributed by atoms with van der Waals surface area (Å²) in [6, 6.07) is 7.07. The van der Waals surface area contributed by atoms with Crippen LogP contribution < -0.4 is 5.32 Å². The van der Waals surface area contributed by atoms with Crippen molar-refractivity contribution in [2.75, 3.05) is 0 Å². The van der Waals surface area contributed by atoms with Crippen LogP contribution in [0.25, 0.3) is 5.70 Å². The highest BCUT2D eigenvalue weighted by Gasteiger charge is 2.03. The number of phenolic OH excluding ortho intramolecular Hbond substituents is 1. The van der Waals surface area contributed by atoms with Gasteiger partial charge in [0.2, 0.25) is 0 Å². The molecule has 12 heavy (non-hydrogen) atoms. The molecule has 0 amide bonds. The molecule has 0 aromatic heterocycles. The van der Waals surface area contributed by atoms with Gasteiger partial charge in [-0.25, -0.2) is 0 Å². The fourth-order valence-electron chi connectivity index (χ4n) is 1.14. The molecule has 0 fully saturated rings. The first-order valence-electron chi connectivity index (χ1n) is 3.73. The maximum absolute atomic E-state index is 9.18. The number of phenols is 1. The standard InChI is InChI=1S/C10H8NO/c12-9-4-1-3-8(7-9)10-5-2-6-11-10/h1-7,12H. The third kappa shape index (κ3) is 1.19. The first-order valence-corrected chi connectivity index (χ1v) is 3.73. The van der Waals surface area contributed by atoms with Gasteiger partial charge in [0.25, 0.3) is 0 Å². The predicted octanol–water partition coefficient (Wildman–Crippen LogP) is 1.86. The van der Waals surface area contributed by atoms with Gasteiger partial charge in [0.15, 0.2) is 0 Å². The lowest BCUT2D eigenvalue weighted by molar-refractivity contribution is 0.475. The van der Waals surface area contributed by atoms with Gasteiger partial charge in [-0.2, -0.15) is 0 Å². The third-order valence-corrected chi connectivity index (χ3v) is 1.70. The first-order chi connectivity index (χ1) is 5.86. The van der Waals surface area contributed by atoms with E-state index >= 15 is 0 Å². The highest BCUT2D eigenvalue weighted by molar-refractivity contribution is 5.69. The van der Waals surface area contributed by atoms with Crippen molar-refractivity contribution < 1.29 is 5.11 Å². The number of hydrogen-bond acceptors (Lipinski definition) is 1. The summed E-state index contributed by atoms with van der Waals surface area (Å²) in [5.41, 5.74) is 1.84. The molecular formula is C10H8NO. The number of rotatable bonds is 1. The number of aromatic hydroxyl groups is 1. The van der Waals surface area contributed by atoms with Gasteiger partial charge in [-0.3, -0.25) is 5.32 Å². The lowest BCUT2D eigenvalue weighted by Gasteiger charge is -2.00. The van der Waals surface area contributed by atoms with Gasteiger partial charge in [-0.1, -0.05) is 12.1 Å².